The van der Waals surface area contributed by atoms with E-state index in [0.29, 0.717) is 0 Å². The number of nitrogens with zero attached hydrogens (tertiary/aromatic N) is 3. The number of ether oxygens (including phenoxy) is 1. The molecule has 2 aromatic rings. The molecule has 3 heterocycles. The largest absolute Gasteiger partial charge is 0.502 e. The molecule has 0 bridgehead atoms. The van der Waals surface area contributed by atoms with Gasteiger partial charge in [0, 0.05) is 0 Å². The molecule has 0 spiro atoms. The first kappa shape index (κ1) is 14.3. The summed E-state index contributed by atoms with van der Waals surface area (Å²) in [6.45, 7) is 3.25. The average Bonchev–Trinajstić information content (AvgIpc) is 3.01. The number of aromatic nitrogens is 4. The van der Waals surface area contributed by atoms with Gasteiger partial charge in [0.1, 0.15) is 12.2 Å². The van der Waals surface area contributed by atoms with Crippen LogP contribution in [0.15, 0.2) is 29.2 Å². The number of hydrogen-bond donors (Lipinski definition) is 5. The van der Waals surface area contributed by atoms with Gasteiger partial charge < -0.3 is 25.8 Å². The molecule has 1 aliphatic rings. The van der Waals surface area contributed by atoms with Crippen LogP contribution in [0, 0.1) is 0 Å². The molecule has 116 valence electrons. The van der Waals surface area contributed by atoms with Crippen LogP contribution in [0.1, 0.15) is 6.23 Å². The molecule has 10 nitrogen and oxygen atoms in total. The summed E-state index contributed by atoms with van der Waals surface area (Å²) in [7, 11) is 0. The van der Waals surface area contributed by atoms with Crippen LogP contribution in [-0.4, -0.2) is 53.2 Å². The van der Waals surface area contributed by atoms with Gasteiger partial charge in [-0.25, -0.2) is 4.98 Å². The summed E-state index contributed by atoms with van der Waals surface area (Å²) >= 11 is 0. The van der Waals surface area contributed by atoms with Crippen molar-refractivity contribution in [3.63, 3.8) is 0 Å². The van der Waals surface area contributed by atoms with E-state index >= 15 is 0 Å². The highest BCUT2D eigenvalue weighted by molar-refractivity contribution is 5.70. The van der Waals surface area contributed by atoms with E-state index in [2.05, 4.69) is 27.3 Å². The second-order valence-electron chi connectivity index (χ2n) is 4.77. The number of rotatable bonds is 2. The van der Waals surface area contributed by atoms with Gasteiger partial charge in [-0.05, 0) is 0 Å². The molecule has 10 heteroatoms. The molecular weight excluding hydrogens is 294 g/mol. The number of anilines is 1. The molecule has 1 fully saturated rings. The molecule has 22 heavy (non-hydrogen) atoms. The van der Waals surface area contributed by atoms with E-state index in [9.17, 15) is 20.1 Å². The third kappa shape index (κ3) is 1.98. The summed E-state index contributed by atoms with van der Waals surface area (Å²) in [6.07, 6.45) is -3.89. The Labute approximate surface area is 122 Å². The molecule has 0 amide bonds. The zero-order valence-corrected chi connectivity index (χ0v) is 11.2. The predicted molar refractivity (Wildman–Crippen MR) is 73.8 cm³/mol. The van der Waals surface area contributed by atoms with Gasteiger partial charge in [0.05, 0.1) is 6.33 Å². The average molecular weight is 307 g/mol. The van der Waals surface area contributed by atoms with Crippen LogP contribution in [-0.2, 0) is 4.74 Å². The standard InChI is InChI=1S/C12H13N5O5/c1-2-4(18)8-6(19)7(20)11(22-8)17-3-14-5-9(17)15-12(13)16-10(5)21/h3,6-8,11,18-20H,1H2,(H3,13,15,16,21)/t6-,7+,8+,11+/m0/s1. The van der Waals surface area contributed by atoms with E-state index in [1.54, 1.807) is 0 Å². The highest BCUT2D eigenvalue weighted by Gasteiger charge is 2.46. The van der Waals surface area contributed by atoms with Gasteiger partial charge in [0.2, 0.25) is 5.95 Å². The molecule has 6 N–H and O–H groups in total. The first-order valence-electron chi connectivity index (χ1n) is 6.27. The Bertz CT molecular complexity index is 836. The molecule has 3 rings (SSSR count). The first-order valence-corrected chi connectivity index (χ1v) is 6.27. The molecule has 2 aromatic heterocycles. The molecule has 0 aromatic carbocycles. The number of fused-ring (bicyclic) bond motifs is 1. The molecule has 0 saturated carbocycles. The van der Waals surface area contributed by atoms with Crippen molar-refractivity contribution in [3.8, 4) is 0 Å². The quantitative estimate of drug-likeness (QED) is 0.332. The normalized spacial score (nSPS) is 27.9. The summed E-state index contributed by atoms with van der Waals surface area (Å²) in [4.78, 5) is 21.8. The van der Waals surface area contributed by atoms with E-state index in [4.69, 9.17) is 10.5 Å². The van der Waals surface area contributed by atoms with Crippen LogP contribution in [0.3, 0.4) is 0 Å². The molecular formula is C12H13N5O5. The predicted octanol–water partition coefficient (Wildman–Crippen LogP) is -1.45. The fourth-order valence-electron chi connectivity index (χ4n) is 2.35. The number of H-pyrrole nitrogens is 1. The third-order valence-electron chi connectivity index (χ3n) is 3.41. The van der Waals surface area contributed by atoms with Crippen molar-refractivity contribution >= 4 is 17.1 Å². The number of nitrogens with one attached hydrogen (secondary N) is 1. The van der Waals surface area contributed by atoms with Crippen molar-refractivity contribution in [2.45, 2.75) is 24.5 Å². The van der Waals surface area contributed by atoms with Crippen molar-refractivity contribution in [3.05, 3.63) is 34.8 Å². The van der Waals surface area contributed by atoms with Gasteiger partial charge in [0.15, 0.2) is 29.3 Å². The van der Waals surface area contributed by atoms with Crippen molar-refractivity contribution in [2.75, 3.05) is 5.73 Å². The number of aliphatic hydroxyl groups excluding tert-OH is 3. The zero-order chi connectivity index (χ0) is 16.0. The van der Waals surface area contributed by atoms with Gasteiger partial charge in [-0.15, -0.1) is 0 Å². The monoisotopic (exact) mass is 307 g/mol. The highest BCUT2D eigenvalue weighted by Crippen LogP contribution is 2.33. The van der Waals surface area contributed by atoms with Gasteiger partial charge in [0.25, 0.3) is 5.56 Å². The van der Waals surface area contributed by atoms with Crippen LogP contribution in [0.5, 0.6) is 0 Å². The first-order chi connectivity index (χ1) is 10.4. The summed E-state index contributed by atoms with van der Waals surface area (Å²) in [5.41, 5.74) is 7.22. The van der Waals surface area contributed by atoms with E-state index < -0.39 is 35.9 Å². The van der Waals surface area contributed by atoms with Crippen molar-refractivity contribution in [1.29, 1.82) is 0 Å². The van der Waals surface area contributed by atoms with Gasteiger partial charge in [-0.2, -0.15) is 4.98 Å². The zero-order valence-electron chi connectivity index (χ0n) is 11.2. The summed E-state index contributed by atoms with van der Waals surface area (Å²) < 4.78 is 6.67. The van der Waals surface area contributed by atoms with Gasteiger partial charge in [-0.3, -0.25) is 14.3 Å². The number of aromatic amines is 1. The molecule has 0 unspecified atom stereocenters. The summed E-state index contributed by atoms with van der Waals surface area (Å²) in [5, 5.41) is 29.6. The van der Waals surface area contributed by atoms with Crippen LogP contribution < -0.4 is 11.3 Å². The highest BCUT2D eigenvalue weighted by atomic mass is 16.6. The molecule has 1 saturated heterocycles. The Morgan fingerprint density at radius 2 is 2.23 bits per heavy atom. The van der Waals surface area contributed by atoms with Gasteiger partial charge in [-0.1, -0.05) is 12.3 Å². The minimum absolute atomic E-state index is 0.00595. The second-order valence-corrected chi connectivity index (χ2v) is 4.77. The van der Waals surface area contributed by atoms with Crippen LogP contribution in [0.25, 0.3) is 11.2 Å². The smallest absolute Gasteiger partial charge is 0.280 e. The van der Waals surface area contributed by atoms with Crippen molar-refractivity contribution in [1.82, 2.24) is 19.5 Å². The summed E-state index contributed by atoms with van der Waals surface area (Å²) in [6, 6.07) is 0. The molecule has 1 aliphatic heterocycles. The Balaban J connectivity index is 2.09. The molecule has 4 atom stereocenters. The number of imidazole rings is 1. The minimum Gasteiger partial charge on any atom is -0.502 e. The Morgan fingerprint density at radius 1 is 1.50 bits per heavy atom. The minimum atomic E-state index is -1.41. The lowest BCUT2D eigenvalue weighted by atomic mass is 10.1. The number of aliphatic hydroxyl groups is 3. The maximum atomic E-state index is 11.7. The number of nitrogen functional groups attached to an aromatic ring is 1. The number of nitrogens with two attached hydrogens (primary N) is 1. The van der Waals surface area contributed by atoms with Crippen LogP contribution in [0.2, 0.25) is 0 Å². The Morgan fingerprint density at radius 3 is 2.91 bits per heavy atom. The lowest BCUT2D eigenvalue weighted by Crippen LogP contribution is -2.32. The lowest BCUT2D eigenvalue weighted by molar-refractivity contribution is -0.0339. The number of hydrogen-bond acceptors (Lipinski definition) is 8. The van der Waals surface area contributed by atoms with Crippen molar-refractivity contribution in [2.24, 2.45) is 0 Å². The molecule has 0 radical (unpaired) electrons. The van der Waals surface area contributed by atoms with Crippen molar-refractivity contribution < 1.29 is 20.1 Å². The SMILES string of the molecule is C=C=C(O)[C@H]1O[C@@H](n2cnc3c(=O)[nH]c(N)nc32)[C@H](O)[C@@H]1O. The van der Waals surface area contributed by atoms with Crippen LogP contribution >= 0.6 is 0 Å². The fraction of sp³-hybridized carbons (Fsp3) is 0.333. The lowest BCUT2D eigenvalue weighted by Gasteiger charge is -2.16. The Hall–Kier alpha value is -2.65. The van der Waals surface area contributed by atoms with Gasteiger partial charge >= 0.3 is 0 Å². The second kappa shape index (κ2) is 4.97. The Kier molecular flexibility index (Phi) is 3.23. The maximum Gasteiger partial charge on any atom is 0.280 e. The fourth-order valence-corrected chi connectivity index (χ4v) is 2.35. The maximum absolute atomic E-state index is 11.7. The van der Waals surface area contributed by atoms with E-state index in [0.717, 1.165) is 0 Å². The third-order valence-corrected chi connectivity index (χ3v) is 3.41. The van der Waals surface area contributed by atoms with Crippen LogP contribution in [0.4, 0.5) is 5.95 Å². The van der Waals surface area contributed by atoms with E-state index in [1.807, 2.05) is 0 Å². The summed E-state index contributed by atoms with van der Waals surface area (Å²) in [5.74, 6) is -0.568. The molecule has 0 aliphatic carbocycles. The van der Waals surface area contributed by atoms with E-state index in [1.165, 1.54) is 10.9 Å². The van der Waals surface area contributed by atoms with E-state index in [-0.39, 0.29) is 17.1 Å². The topological polar surface area (TPSA) is 160 Å².